The van der Waals surface area contributed by atoms with E-state index in [1.165, 1.54) is 12.1 Å². The molecule has 7 nitrogen and oxygen atoms in total. The molecule has 2 unspecified atom stereocenters. The molecule has 1 aromatic heterocycles. The molecule has 0 bridgehead atoms. The van der Waals surface area contributed by atoms with Crippen molar-refractivity contribution in [2.75, 3.05) is 18.0 Å². The van der Waals surface area contributed by atoms with E-state index in [4.69, 9.17) is 0 Å². The summed E-state index contributed by atoms with van der Waals surface area (Å²) in [6.45, 7) is 5.42. The summed E-state index contributed by atoms with van der Waals surface area (Å²) in [5, 5.41) is 20.7. The van der Waals surface area contributed by atoms with Gasteiger partial charge in [0, 0.05) is 48.5 Å². The number of nitro groups is 1. The highest BCUT2D eigenvalue weighted by Crippen LogP contribution is 2.27. The number of nitro benzene ring substituents is 1. The van der Waals surface area contributed by atoms with Crippen LogP contribution < -0.4 is 4.90 Å². The van der Waals surface area contributed by atoms with Gasteiger partial charge < -0.3 is 10.0 Å². The molecule has 1 aromatic carbocycles. The molecular formula is C18H22N4O3. The number of hydrogen-bond donors (Lipinski definition) is 1. The fraction of sp³-hybridized carbons (Fsp3) is 0.444. The normalized spacial score (nSPS) is 18.8. The molecule has 25 heavy (non-hydrogen) atoms. The lowest BCUT2D eigenvalue weighted by Crippen LogP contribution is -2.40. The van der Waals surface area contributed by atoms with Crippen LogP contribution in [0.25, 0.3) is 11.4 Å². The summed E-state index contributed by atoms with van der Waals surface area (Å²) in [5.41, 5.74) is 1.64. The SMILES string of the molecule is Cc1cc(N2CCCC(C(C)O)C2)nc(-c2ccc([N+](=O)[O-])cc2)n1. The van der Waals surface area contributed by atoms with Gasteiger partial charge in [-0.1, -0.05) is 0 Å². The molecule has 3 rings (SSSR count). The Balaban J connectivity index is 1.89. The molecule has 0 radical (unpaired) electrons. The molecule has 132 valence electrons. The summed E-state index contributed by atoms with van der Waals surface area (Å²) in [4.78, 5) is 21.7. The summed E-state index contributed by atoms with van der Waals surface area (Å²) in [7, 11) is 0. The smallest absolute Gasteiger partial charge is 0.269 e. The van der Waals surface area contributed by atoms with Gasteiger partial charge in [-0.2, -0.15) is 0 Å². The number of aliphatic hydroxyl groups excluding tert-OH is 1. The zero-order valence-corrected chi connectivity index (χ0v) is 14.4. The van der Waals surface area contributed by atoms with Crippen molar-refractivity contribution < 1.29 is 10.0 Å². The van der Waals surface area contributed by atoms with Crippen molar-refractivity contribution >= 4 is 11.5 Å². The third-order valence-corrected chi connectivity index (χ3v) is 4.64. The minimum Gasteiger partial charge on any atom is -0.393 e. The van der Waals surface area contributed by atoms with Crippen LogP contribution in [0, 0.1) is 23.0 Å². The number of aliphatic hydroxyl groups is 1. The van der Waals surface area contributed by atoms with E-state index < -0.39 is 4.92 Å². The van der Waals surface area contributed by atoms with Gasteiger partial charge in [0.1, 0.15) is 5.82 Å². The molecule has 0 saturated carbocycles. The summed E-state index contributed by atoms with van der Waals surface area (Å²) < 4.78 is 0. The van der Waals surface area contributed by atoms with Gasteiger partial charge in [0.05, 0.1) is 11.0 Å². The van der Waals surface area contributed by atoms with Crippen LogP contribution in [0.15, 0.2) is 30.3 Å². The first kappa shape index (κ1) is 17.3. The Labute approximate surface area is 146 Å². The predicted molar refractivity (Wildman–Crippen MR) is 95.5 cm³/mol. The minimum absolute atomic E-state index is 0.0485. The highest BCUT2D eigenvalue weighted by atomic mass is 16.6. The lowest BCUT2D eigenvalue weighted by Gasteiger charge is -2.35. The lowest BCUT2D eigenvalue weighted by atomic mass is 9.93. The zero-order chi connectivity index (χ0) is 18.0. The lowest BCUT2D eigenvalue weighted by molar-refractivity contribution is -0.384. The van der Waals surface area contributed by atoms with Crippen LogP contribution in [0.2, 0.25) is 0 Å². The van der Waals surface area contributed by atoms with Crippen LogP contribution >= 0.6 is 0 Å². The average Bonchev–Trinajstić information content (AvgIpc) is 2.61. The van der Waals surface area contributed by atoms with Gasteiger partial charge >= 0.3 is 0 Å². The van der Waals surface area contributed by atoms with E-state index in [0.717, 1.165) is 43.0 Å². The van der Waals surface area contributed by atoms with Crippen LogP contribution in [0.3, 0.4) is 0 Å². The minimum atomic E-state index is -0.420. The Bertz CT molecular complexity index is 761. The largest absolute Gasteiger partial charge is 0.393 e. The van der Waals surface area contributed by atoms with Gasteiger partial charge in [-0.25, -0.2) is 9.97 Å². The summed E-state index contributed by atoms with van der Waals surface area (Å²) in [6, 6.07) is 8.21. The molecule has 0 spiro atoms. The number of non-ortho nitro benzene ring substituents is 1. The first-order valence-electron chi connectivity index (χ1n) is 8.47. The fourth-order valence-corrected chi connectivity index (χ4v) is 3.19. The maximum absolute atomic E-state index is 10.8. The van der Waals surface area contributed by atoms with Gasteiger partial charge in [0.2, 0.25) is 0 Å². The van der Waals surface area contributed by atoms with Crippen LogP contribution in [0.1, 0.15) is 25.5 Å². The maximum atomic E-state index is 10.8. The van der Waals surface area contributed by atoms with Gasteiger partial charge in [-0.15, -0.1) is 0 Å². The van der Waals surface area contributed by atoms with Crippen molar-refractivity contribution in [2.24, 2.45) is 5.92 Å². The molecule has 2 aromatic rings. The van der Waals surface area contributed by atoms with E-state index in [0.29, 0.717) is 5.82 Å². The number of anilines is 1. The zero-order valence-electron chi connectivity index (χ0n) is 14.4. The molecule has 1 N–H and O–H groups in total. The van der Waals surface area contributed by atoms with Crippen LogP contribution in [-0.2, 0) is 0 Å². The highest BCUT2D eigenvalue weighted by molar-refractivity contribution is 5.60. The first-order valence-corrected chi connectivity index (χ1v) is 8.47. The van der Waals surface area contributed by atoms with Crippen molar-refractivity contribution in [1.29, 1.82) is 0 Å². The number of hydrogen-bond acceptors (Lipinski definition) is 6. The molecule has 7 heteroatoms. The number of nitrogens with zero attached hydrogens (tertiary/aromatic N) is 4. The second-order valence-electron chi connectivity index (χ2n) is 6.58. The number of piperidine rings is 1. The van der Waals surface area contributed by atoms with Gasteiger partial charge in [-0.05, 0) is 38.8 Å². The molecule has 0 aliphatic carbocycles. The van der Waals surface area contributed by atoms with Crippen molar-refractivity contribution in [1.82, 2.24) is 9.97 Å². The third-order valence-electron chi connectivity index (χ3n) is 4.64. The summed E-state index contributed by atoms with van der Waals surface area (Å²) in [6.07, 6.45) is 1.71. The molecule has 1 fully saturated rings. The maximum Gasteiger partial charge on any atom is 0.269 e. The van der Waals surface area contributed by atoms with E-state index in [2.05, 4.69) is 14.9 Å². The first-order chi connectivity index (χ1) is 11.9. The van der Waals surface area contributed by atoms with E-state index in [9.17, 15) is 15.2 Å². The summed E-state index contributed by atoms with van der Waals surface area (Å²) in [5.74, 6) is 1.64. The third kappa shape index (κ3) is 3.93. The van der Waals surface area contributed by atoms with Crippen LogP contribution in [-0.4, -0.2) is 39.2 Å². The quantitative estimate of drug-likeness (QED) is 0.678. The monoisotopic (exact) mass is 342 g/mol. The Morgan fingerprint density at radius 1 is 1.32 bits per heavy atom. The number of rotatable bonds is 4. The fourth-order valence-electron chi connectivity index (χ4n) is 3.19. The number of aromatic nitrogens is 2. The van der Waals surface area contributed by atoms with E-state index in [1.54, 1.807) is 12.1 Å². The van der Waals surface area contributed by atoms with Crippen molar-refractivity contribution in [3.8, 4) is 11.4 Å². The Kier molecular flexibility index (Phi) is 4.94. The highest BCUT2D eigenvalue weighted by Gasteiger charge is 2.24. The summed E-state index contributed by atoms with van der Waals surface area (Å²) >= 11 is 0. The van der Waals surface area contributed by atoms with Gasteiger partial charge in [0.15, 0.2) is 5.82 Å². The molecule has 0 amide bonds. The Morgan fingerprint density at radius 2 is 2.04 bits per heavy atom. The van der Waals surface area contributed by atoms with E-state index in [1.807, 2.05) is 19.9 Å². The molecule has 1 aliphatic rings. The van der Waals surface area contributed by atoms with E-state index in [-0.39, 0.29) is 17.7 Å². The second kappa shape index (κ2) is 7.14. The number of aryl methyl sites for hydroxylation is 1. The van der Waals surface area contributed by atoms with Crippen molar-refractivity contribution in [3.63, 3.8) is 0 Å². The molecule has 2 heterocycles. The van der Waals surface area contributed by atoms with Gasteiger partial charge in [0.25, 0.3) is 5.69 Å². The molecule has 1 saturated heterocycles. The van der Waals surface area contributed by atoms with E-state index >= 15 is 0 Å². The Morgan fingerprint density at radius 3 is 2.68 bits per heavy atom. The van der Waals surface area contributed by atoms with Gasteiger partial charge in [-0.3, -0.25) is 10.1 Å². The van der Waals surface area contributed by atoms with Crippen molar-refractivity contribution in [3.05, 3.63) is 46.1 Å². The average molecular weight is 342 g/mol. The molecular weight excluding hydrogens is 320 g/mol. The topological polar surface area (TPSA) is 92.4 Å². The van der Waals surface area contributed by atoms with Crippen LogP contribution in [0.4, 0.5) is 11.5 Å². The predicted octanol–water partition coefficient (Wildman–Crippen LogP) is 2.96. The standard InChI is InChI=1S/C18H22N4O3/c1-12-10-17(21-9-3-4-15(11-21)13(2)23)20-18(19-12)14-5-7-16(8-6-14)22(24)25/h5-8,10,13,15,23H,3-4,9,11H2,1-2H3. The second-order valence-corrected chi connectivity index (χ2v) is 6.58. The molecule has 1 aliphatic heterocycles. The van der Waals surface area contributed by atoms with Crippen molar-refractivity contribution in [2.45, 2.75) is 32.8 Å². The van der Waals surface area contributed by atoms with Crippen LogP contribution in [0.5, 0.6) is 0 Å². The Hall–Kier alpha value is -2.54. The molecule has 2 atom stereocenters. The number of benzene rings is 1.